The van der Waals surface area contributed by atoms with Gasteiger partial charge in [0.1, 0.15) is 17.6 Å². The average molecular weight is 363 g/mol. The molecule has 0 bridgehead atoms. The van der Waals surface area contributed by atoms with Crippen LogP contribution in [0.15, 0.2) is 66.7 Å². The molecule has 26 heavy (non-hydrogen) atoms. The highest BCUT2D eigenvalue weighted by Gasteiger charge is 2.07. The molecule has 3 aromatic rings. The van der Waals surface area contributed by atoms with E-state index in [0.29, 0.717) is 16.9 Å². The van der Waals surface area contributed by atoms with Crippen LogP contribution in [0.1, 0.15) is 15.2 Å². The fourth-order valence-corrected chi connectivity index (χ4v) is 3.27. The van der Waals surface area contributed by atoms with Crippen LogP contribution in [0.5, 0.6) is 5.75 Å². The fourth-order valence-electron chi connectivity index (χ4n) is 2.33. The molecule has 2 aromatic carbocycles. The monoisotopic (exact) mass is 363 g/mol. The van der Waals surface area contributed by atoms with Crippen molar-refractivity contribution in [3.05, 3.63) is 83.0 Å². The molecule has 0 aliphatic rings. The Bertz CT molecular complexity index is 984. The number of hydrogen-bond donors (Lipinski definition) is 0. The highest BCUT2D eigenvalue weighted by atomic mass is 32.1. The van der Waals surface area contributed by atoms with Crippen molar-refractivity contribution in [3.63, 3.8) is 0 Å². The molecule has 0 fully saturated rings. The number of ketones is 1. The van der Waals surface area contributed by atoms with Crippen molar-refractivity contribution in [1.29, 1.82) is 5.26 Å². The minimum absolute atomic E-state index is 0.0318. The lowest BCUT2D eigenvalue weighted by Gasteiger charge is -2.01. The molecular weight excluding hydrogens is 349 g/mol. The van der Waals surface area contributed by atoms with Gasteiger partial charge in [-0.25, -0.2) is 4.39 Å². The molecule has 1 aromatic heterocycles. The zero-order valence-corrected chi connectivity index (χ0v) is 14.5. The maximum atomic E-state index is 13.8. The standard InChI is InChI=1S/C21H14FNO2S/c22-19-4-2-1-3-18(19)21-12-10-17(26-21)9-11-20(24)15-5-7-16(8-6-15)25-14-13-23/h1-12H,14H2/b11-9+. The van der Waals surface area contributed by atoms with E-state index in [1.54, 1.807) is 48.5 Å². The van der Waals surface area contributed by atoms with Crippen LogP contribution < -0.4 is 4.74 Å². The van der Waals surface area contributed by atoms with Crippen LogP contribution in [-0.2, 0) is 0 Å². The van der Waals surface area contributed by atoms with Gasteiger partial charge in [0.25, 0.3) is 0 Å². The maximum absolute atomic E-state index is 13.8. The van der Waals surface area contributed by atoms with Gasteiger partial charge in [-0.05, 0) is 54.6 Å². The lowest BCUT2D eigenvalue weighted by atomic mass is 10.1. The summed E-state index contributed by atoms with van der Waals surface area (Å²) in [6.07, 6.45) is 3.21. The van der Waals surface area contributed by atoms with Gasteiger partial charge in [-0.1, -0.05) is 18.2 Å². The molecule has 0 N–H and O–H groups in total. The molecule has 0 atom stereocenters. The second kappa shape index (κ2) is 8.24. The number of ether oxygens (including phenoxy) is 1. The van der Waals surface area contributed by atoms with Crippen molar-refractivity contribution in [1.82, 2.24) is 0 Å². The first-order valence-electron chi connectivity index (χ1n) is 7.84. The molecule has 3 rings (SSSR count). The minimum atomic E-state index is -0.264. The van der Waals surface area contributed by atoms with E-state index in [0.717, 1.165) is 9.75 Å². The Hall–Kier alpha value is -3.23. The van der Waals surface area contributed by atoms with Gasteiger partial charge in [0, 0.05) is 20.9 Å². The van der Waals surface area contributed by atoms with E-state index < -0.39 is 0 Å². The van der Waals surface area contributed by atoms with Crippen LogP contribution in [0, 0.1) is 17.1 Å². The molecule has 5 heteroatoms. The van der Waals surface area contributed by atoms with Gasteiger partial charge in [-0.2, -0.15) is 5.26 Å². The maximum Gasteiger partial charge on any atom is 0.185 e. The molecule has 1 heterocycles. The van der Waals surface area contributed by atoms with Gasteiger partial charge in [0.15, 0.2) is 12.4 Å². The van der Waals surface area contributed by atoms with Crippen molar-refractivity contribution in [2.75, 3.05) is 6.61 Å². The largest absolute Gasteiger partial charge is 0.479 e. The first-order valence-corrected chi connectivity index (χ1v) is 8.66. The first-order chi connectivity index (χ1) is 12.7. The Morgan fingerprint density at radius 2 is 1.88 bits per heavy atom. The number of halogens is 1. The van der Waals surface area contributed by atoms with Gasteiger partial charge in [0.2, 0.25) is 0 Å². The molecular formula is C21H14FNO2S. The number of hydrogen-bond acceptors (Lipinski definition) is 4. The molecule has 0 unspecified atom stereocenters. The van der Waals surface area contributed by atoms with Gasteiger partial charge in [-0.3, -0.25) is 4.79 Å². The number of thiophene rings is 1. The molecule has 0 amide bonds. The summed E-state index contributed by atoms with van der Waals surface area (Å²) in [6.45, 7) is -0.0318. The molecule has 0 radical (unpaired) electrons. The molecule has 0 saturated heterocycles. The Kier molecular flexibility index (Phi) is 5.57. The molecule has 0 aliphatic carbocycles. The topological polar surface area (TPSA) is 50.1 Å². The summed E-state index contributed by atoms with van der Waals surface area (Å²) in [4.78, 5) is 13.9. The van der Waals surface area contributed by atoms with E-state index in [-0.39, 0.29) is 18.2 Å². The van der Waals surface area contributed by atoms with Crippen molar-refractivity contribution < 1.29 is 13.9 Å². The van der Waals surface area contributed by atoms with E-state index in [9.17, 15) is 9.18 Å². The van der Waals surface area contributed by atoms with Gasteiger partial charge < -0.3 is 4.74 Å². The van der Waals surface area contributed by atoms with Crippen LogP contribution in [-0.4, -0.2) is 12.4 Å². The number of nitriles is 1. The van der Waals surface area contributed by atoms with Crippen molar-refractivity contribution in [2.45, 2.75) is 0 Å². The van der Waals surface area contributed by atoms with Crippen LogP contribution in [0.3, 0.4) is 0 Å². The van der Waals surface area contributed by atoms with Crippen molar-refractivity contribution >= 4 is 23.2 Å². The molecule has 0 aliphatic heterocycles. The third kappa shape index (κ3) is 4.24. The first kappa shape index (κ1) is 17.6. The minimum Gasteiger partial charge on any atom is -0.479 e. The van der Waals surface area contributed by atoms with E-state index in [4.69, 9.17) is 10.00 Å². The van der Waals surface area contributed by atoms with Crippen LogP contribution >= 0.6 is 11.3 Å². The predicted octanol–water partition coefficient (Wildman–Crippen LogP) is 5.35. The summed E-state index contributed by atoms with van der Waals surface area (Å²) in [7, 11) is 0. The second-order valence-corrected chi connectivity index (χ2v) is 6.47. The highest BCUT2D eigenvalue weighted by Crippen LogP contribution is 2.30. The van der Waals surface area contributed by atoms with Gasteiger partial charge >= 0.3 is 0 Å². The molecule has 128 valence electrons. The van der Waals surface area contributed by atoms with E-state index >= 15 is 0 Å². The van der Waals surface area contributed by atoms with Crippen LogP contribution in [0.2, 0.25) is 0 Å². The van der Waals surface area contributed by atoms with E-state index in [1.807, 2.05) is 18.2 Å². The normalized spacial score (nSPS) is 10.6. The predicted molar refractivity (Wildman–Crippen MR) is 101 cm³/mol. The molecule has 0 spiro atoms. The Morgan fingerprint density at radius 3 is 2.62 bits per heavy atom. The van der Waals surface area contributed by atoms with Gasteiger partial charge in [0.05, 0.1) is 0 Å². The fraction of sp³-hybridized carbons (Fsp3) is 0.0476. The number of nitrogens with zero attached hydrogens (tertiary/aromatic N) is 1. The lowest BCUT2D eigenvalue weighted by Crippen LogP contribution is -1.96. The average Bonchev–Trinajstić information content (AvgIpc) is 3.14. The summed E-state index contributed by atoms with van der Waals surface area (Å²) in [5.41, 5.74) is 1.08. The number of carbonyl (C=O) groups is 1. The quantitative estimate of drug-likeness (QED) is 0.438. The summed E-state index contributed by atoms with van der Waals surface area (Å²) in [5, 5.41) is 8.48. The lowest BCUT2D eigenvalue weighted by molar-refractivity contribution is 0.104. The van der Waals surface area contributed by atoms with Crippen LogP contribution in [0.4, 0.5) is 4.39 Å². The zero-order chi connectivity index (χ0) is 18.4. The highest BCUT2D eigenvalue weighted by molar-refractivity contribution is 7.16. The number of rotatable bonds is 6. The second-order valence-electron chi connectivity index (χ2n) is 5.35. The third-order valence-electron chi connectivity index (χ3n) is 3.61. The summed E-state index contributed by atoms with van der Waals surface area (Å²) in [6, 6.07) is 18.8. The molecule has 0 saturated carbocycles. The number of allylic oxidation sites excluding steroid dienone is 1. The summed E-state index contributed by atoms with van der Waals surface area (Å²) >= 11 is 1.42. The Balaban J connectivity index is 1.69. The SMILES string of the molecule is N#CCOc1ccc(C(=O)/C=C/c2ccc(-c3ccccc3F)s2)cc1. The summed E-state index contributed by atoms with van der Waals surface area (Å²) < 4.78 is 19.0. The Morgan fingerprint density at radius 1 is 1.12 bits per heavy atom. The van der Waals surface area contributed by atoms with E-state index in [2.05, 4.69) is 0 Å². The third-order valence-corrected chi connectivity index (χ3v) is 4.69. The van der Waals surface area contributed by atoms with E-state index in [1.165, 1.54) is 23.5 Å². The molecule has 3 nitrogen and oxygen atoms in total. The smallest absolute Gasteiger partial charge is 0.185 e. The van der Waals surface area contributed by atoms with Crippen LogP contribution in [0.25, 0.3) is 16.5 Å². The van der Waals surface area contributed by atoms with Crippen molar-refractivity contribution in [2.24, 2.45) is 0 Å². The Labute approximate surface area is 154 Å². The number of carbonyl (C=O) groups excluding carboxylic acids is 1. The summed E-state index contributed by atoms with van der Waals surface area (Å²) in [5.74, 6) is 0.136. The number of benzene rings is 2. The zero-order valence-electron chi connectivity index (χ0n) is 13.7. The van der Waals surface area contributed by atoms with Crippen molar-refractivity contribution in [3.8, 4) is 22.3 Å². The van der Waals surface area contributed by atoms with Gasteiger partial charge in [-0.15, -0.1) is 11.3 Å².